The van der Waals surface area contributed by atoms with Crippen LogP contribution in [0.5, 0.6) is 5.75 Å². The number of carbonyl (C=O) groups is 1. The molecule has 1 aromatic heterocycles. The van der Waals surface area contributed by atoms with Crippen LogP contribution < -0.4 is 4.74 Å². The number of fused-ring (bicyclic) bond motifs is 2. The van der Waals surface area contributed by atoms with Gasteiger partial charge in [0.25, 0.3) is 0 Å². The Bertz CT molecular complexity index is 1730. The van der Waals surface area contributed by atoms with Crippen molar-refractivity contribution < 1.29 is 28.2 Å². The monoisotopic (exact) mass is 548 g/mol. The Balaban J connectivity index is 1.30. The van der Waals surface area contributed by atoms with Crippen LogP contribution in [0.3, 0.4) is 0 Å². The van der Waals surface area contributed by atoms with Gasteiger partial charge in [0.2, 0.25) is 0 Å². The summed E-state index contributed by atoms with van der Waals surface area (Å²) in [7, 11) is 0. The minimum absolute atomic E-state index is 0.0609. The number of aromatic carboxylic acids is 1. The third-order valence-corrected chi connectivity index (χ3v) is 7.22. The molecule has 5 aromatic rings. The van der Waals surface area contributed by atoms with Crippen molar-refractivity contribution in [1.82, 2.24) is 9.55 Å². The van der Waals surface area contributed by atoms with Crippen LogP contribution in [0.25, 0.3) is 21.8 Å². The molecule has 1 aliphatic rings. The zero-order valence-electron chi connectivity index (χ0n) is 20.7. The molecule has 9 heteroatoms. The molecule has 6 nitrogen and oxygen atoms in total. The van der Waals surface area contributed by atoms with Crippen molar-refractivity contribution in [2.75, 3.05) is 6.61 Å². The van der Waals surface area contributed by atoms with Gasteiger partial charge in [-0.1, -0.05) is 41.9 Å². The first-order valence-corrected chi connectivity index (χ1v) is 12.9. The van der Waals surface area contributed by atoms with E-state index in [9.17, 15) is 14.3 Å². The Morgan fingerprint density at radius 3 is 2.64 bits per heavy atom. The van der Waals surface area contributed by atoms with E-state index in [0.717, 1.165) is 22.8 Å². The molecular weight excluding hydrogens is 526 g/mol. The van der Waals surface area contributed by atoms with Crippen molar-refractivity contribution in [3.8, 4) is 5.75 Å². The van der Waals surface area contributed by atoms with Crippen LogP contribution >= 0.6 is 11.6 Å². The standard InChI is InChI=1S/C30H23ClF2N2O4/c31-21-5-3-19(25(32)14-21)16-39-22-6-4-18-2-1-17(11-20(18)13-22)12-27-34-26-8-7-24(30(36)37)28(33)29(26)35(27)15-23-9-10-38-23/h1-8,11,13-14,23H,9-10,12,15-16H2,(H,36,37)/t23-/m0/s1. The van der Waals surface area contributed by atoms with E-state index < -0.39 is 17.6 Å². The van der Waals surface area contributed by atoms with Gasteiger partial charge in [-0.25, -0.2) is 18.6 Å². The van der Waals surface area contributed by atoms with Crippen molar-refractivity contribution in [1.29, 1.82) is 0 Å². The normalized spacial score (nSPS) is 15.0. The highest BCUT2D eigenvalue weighted by Crippen LogP contribution is 2.28. The molecule has 0 aliphatic carbocycles. The number of imidazole rings is 1. The van der Waals surface area contributed by atoms with Gasteiger partial charge in [-0.3, -0.25) is 0 Å². The molecule has 0 radical (unpaired) electrons. The average Bonchev–Trinajstić information content (AvgIpc) is 3.23. The molecule has 0 bridgehead atoms. The average molecular weight is 549 g/mol. The highest BCUT2D eigenvalue weighted by Gasteiger charge is 2.25. The Labute approximate surface area is 227 Å². The van der Waals surface area contributed by atoms with Crippen LogP contribution in [-0.2, 0) is 24.3 Å². The van der Waals surface area contributed by atoms with E-state index in [-0.39, 0.29) is 23.8 Å². The molecule has 0 amide bonds. The summed E-state index contributed by atoms with van der Waals surface area (Å²) in [4.78, 5) is 16.2. The van der Waals surface area contributed by atoms with E-state index in [1.807, 2.05) is 36.4 Å². The maximum atomic E-state index is 15.3. The first-order chi connectivity index (χ1) is 18.9. The summed E-state index contributed by atoms with van der Waals surface area (Å²) in [5.74, 6) is -1.34. The van der Waals surface area contributed by atoms with Crippen LogP contribution in [0.2, 0.25) is 5.02 Å². The van der Waals surface area contributed by atoms with Gasteiger partial charge in [0.1, 0.15) is 29.5 Å². The number of halogens is 3. The van der Waals surface area contributed by atoms with Crippen molar-refractivity contribution >= 4 is 39.4 Å². The molecule has 0 unspecified atom stereocenters. The van der Waals surface area contributed by atoms with E-state index in [2.05, 4.69) is 4.98 Å². The van der Waals surface area contributed by atoms with Crippen molar-refractivity contribution in [3.63, 3.8) is 0 Å². The zero-order chi connectivity index (χ0) is 27.1. The Hall–Kier alpha value is -4.01. The summed E-state index contributed by atoms with van der Waals surface area (Å²) in [5, 5.41) is 11.7. The second-order valence-electron chi connectivity index (χ2n) is 9.56. The third kappa shape index (κ3) is 5.05. The smallest absolute Gasteiger partial charge is 0.338 e. The van der Waals surface area contributed by atoms with Crippen LogP contribution in [0.1, 0.15) is 33.7 Å². The molecule has 1 aliphatic heterocycles. The number of nitrogens with zero attached hydrogens (tertiary/aromatic N) is 2. The summed E-state index contributed by atoms with van der Waals surface area (Å²) in [6, 6.07) is 18.9. The van der Waals surface area contributed by atoms with E-state index in [1.165, 1.54) is 18.2 Å². The maximum absolute atomic E-state index is 15.3. The molecule has 0 spiro atoms. The minimum Gasteiger partial charge on any atom is -0.489 e. The summed E-state index contributed by atoms with van der Waals surface area (Å²) in [6.45, 7) is 1.10. The molecule has 39 heavy (non-hydrogen) atoms. The number of hydrogen-bond donors (Lipinski definition) is 1. The van der Waals surface area contributed by atoms with E-state index in [1.54, 1.807) is 16.7 Å². The van der Waals surface area contributed by atoms with Crippen LogP contribution in [-0.4, -0.2) is 33.3 Å². The molecule has 1 fully saturated rings. The van der Waals surface area contributed by atoms with E-state index in [4.69, 9.17) is 21.1 Å². The fraction of sp³-hybridized carbons (Fsp3) is 0.200. The van der Waals surface area contributed by atoms with Gasteiger partial charge in [-0.05, 0) is 59.2 Å². The summed E-state index contributed by atoms with van der Waals surface area (Å²) in [6.07, 6.45) is 1.17. The van der Waals surface area contributed by atoms with Gasteiger partial charge >= 0.3 is 5.97 Å². The number of ether oxygens (including phenoxy) is 2. The first kappa shape index (κ1) is 25.3. The molecule has 0 saturated carbocycles. The van der Waals surface area contributed by atoms with Gasteiger partial charge in [-0.2, -0.15) is 0 Å². The number of hydrogen-bond acceptors (Lipinski definition) is 4. The Kier molecular flexibility index (Phi) is 6.66. The lowest BCUT2D eigenvalue weighted by Crippen LogP contribution is -2.32. The van der Waals surface area contributed by atoms with E-state index in [0.29, 0.717) is 47.2 Å². The SMILES string of the molecule is O=C(O)c1ccc2nc(Cc3ccc4ccc(OCc5ccc(Cl)cc5F)cc4c3)n(C[C@@H]3CCO3)c2c1F. The molecule has 198 valence electrons. The van der Waals surface area contributed by atoms with Crippen molar-refractivity contribution in [2.45, 2.75) is 32.1 Å². The zero-order valence-corrected chi connectivity index (χ0v) is 21.4. The van der Waals surface area contributed by atoms with Crippen LogP contribution in [0.15, 0.2) is 66.7 Å². The van der Waals surface area contributed by atoms with Gasteiger partial charge < -0.3 is 19.1 Å². The quantitative estimate of drug-likeness (QED) is 0.231. The van der Waals surface area contributed by atoms with Gasteiger partial charge in [0, 0.05) is 23.6 Å². The fourth-order valence-corrected chi connectivity index (χ4v) is 4.97. The predicted octanol–water partition coefficient (Wildman–Crippen LogP) is 6.78. The Morgan fingerprint density at radius 1 is 1.08 bits per heavy atom. The fourth-order valence-electron chi connectivity index (χ4n) is 4.82. The van der Waals surface area contributed by atoms with Crippen LogP contribution in [0, 0.1) is 11.6 Å². The molecule has 4 aromatic carbocycles. The summed E-state index contributed by atoms with van der Waals surface area (Å²) in [5.41, 5.74) is 1.53. The Morgan fingerprint density at radius 2 is 1.90 bits per heavy atom. The highest BCUT2D eigenvalue weighted by molar-refractivity contribution is 6.30. The van der Waals surface area contributed by atoms with E-state index >= 15 is 4.39 Å². The summed E-state index contributed by atoms with van der Waals surface area (Å²) < 4.78 is 42.6. The van der Waals surface area contributed by atoms with Gasteiger partial charge in [-0.15, -0.1) is 0 Å². The molecule has 1 saturated heterocycles. The molecule has 1 atom stereocenters. The second kappa shape index (κ2) is 10.3. The summed E-state index contributed by atoms with van der Waals surface area (Å²) >= 11 is 5.83. The lowest BCUT2D eigenvalue weighted by Gasteiger charge is -2.27. The van der Waals surface area contributed by atoms with Crippen molar-refractivity contribution in [3.05, 3.63) is 106 Å². The minimum atomic E-state index is -1.32. The third-order valence-electron chi connectivity index (χ3n) is 6.98. The molecule has 2 heterocycles. The van der Waals surface area contributed by atoms with Crippen LogP contribution in [0.4, 0.5) is 8.78 Å². The predicted molar refractivity (Wildman–Crippen MR) is 144 cm³/mol. The highest BCUT2D eigenvalue weighted by atomic mass is 35.5. The number of carboxylic acids is 1. The number of carboxylic acid groups (broad SMARTS) is 1. The molecule has 1 N–H and O–H groups in total. The number of aromatic nitrogens is 2. The maximum Gasteiger partial charge on any atom is 0.338 e. The lowest BCUT2D eigenvalue weighted by atomic mass is 10.0. The molecule has 6 rings (SSSR count). The number of benzene rings is 4. The largest absolute Gasteiger partial charge is 0.489 e. The topological polar surface area (TPSA) is 73.6 Å². The van der Waals surface area contributed by atoms with Gasteiger partial charge in [0.05, 0.1) is 23.7 Å². The van der Waals surface area contributed by atoms with Gasteiger partial charge in [0.15, 0.2) is 5.82 Å². The number of rotatable bonds is 8. The molecular formula is C30H23ClF2N2O4. The second-order valence-corrected chi connectivity index (χ2v) is 10.0. The first-order valence-electron chi connectivity index (χ1n) is 12.5. The lowest BCUT2D eigenvalue weighted by molar-refractivity contribution is -0.0590. The van der Waals surface area contributed by atoms with Crippen molar-refractivity contribution in [2.24, 2.45) is 0 Å².